The van der Waals surface area contributed by atoms with Gasteiger partial charge in [-0.05, 0) is 72.1 Å². The molecule has 0 aliphatic heterocycles. The Morgan fingerprint density at radius 2 is 1.73 bits per heavy atom. The van der Waals surface area contributed by atoms with E-state index < -0.39 is 6.10 Å². The van der Waals surface area contributed by atoms with Crippen LogP contribution in [-0.2, 0) is 6.42 Å². The van der Waals surface area contributed by atoms with Crippen LogP contribution in [0.1, 0.15) is 68.6 Å². The first-order valence-corrected chi connectivity index (χ1v) is 9.72. The Kier molecular flexibility index (Phi) is 5.76. The van der Waals surface area contributed by atoms with Gasteiger partial charge >= 0.3 is 0 Å². The van der Waals surface area contributed by atoms with Gasteiger partial charge in [-0.1, -0.05) is 44.9 Å². The number of hydrogen-bond acceptors (Lipinski definition) is 1. The molecule has 0 saturated carbocycles. The second-order valence-electron chi connectivity index (χ2n) is 7.64. The minimum atomic E-state index is -0.618. The van der Waals surface area contributed by atoms with Crippen LogP contribution in [-0.4, -0.2) is 11.2 Å². The molecule has 1 nitrogen and oxygen atoms in total. The molecule has 3 atom stereocenters. The number of halogens is 2. The van der Waals surface area contributed by atoms with Crippen molar-refractivity contribution in [1.82, 2.24) is 0 Å². The summed E-state index contributed by atoms with van der Waals surface area (Å²) in [6.07, 6.45) is 5.08. The summed E-state index contributed by atoms with van der Waals surface area (Å²) in [6.45, 7) is 4.30. The summed E-state index contributed by atoms with van der Waals surface area (Å²) in [5, 5.41) is 11.5. The standard InChI is InChI=1S/C23H28F2O/c1-3-5-13-23(4-2)14-12-16-6-11-19(25)15-20(16)21(22(23)26)17-7-9-18(24)10-8-17/h6-11,15,21-22,26H,3-5,12-14H2,1-2H3/t21-,22-,23-/m1/s1. The molecule has 0 saturated heterocycles. The molecule has 0 fully saturated rings. The summed E-state index contributed by atoms with van der Waals surface area (Å²) in [6, 6.07) is 11.2. The maximum absolute atomic E-state index is 14.0. The van der Waals surface area contributed by atoms with E-state index in [4.69, 9.17) is 0 Å². The predicted molar refractivity (Wildman–Crippen MR) is 101 cm³/mol. The molecule has 2 aromatic rings. The largest absolute Gasteiger partial charge is 0.392 e. The summed E-state index contributed by atoms with van der Waals surface area (Å²) < 4.78 is 27.5. The van der Waals surface area contributed by atoms with Crippen molar-refractivity contribution in [2.75, 3.05) is 0 Å². The van der Waals surface area contributed by atoms with Gasteiger partial charge in [-0.25, -0.2) is 8.78 Å². The van der Waals surface area contributed by atoms with Crippen molar-refractivity contribution in [3.05, 3.63) is 70.8 Å². The fourth-order valence-electron chi connectivity index (χ4n) is 4.53. The number of rotatable bonds is 5. The summed E-state index contributed by atoms with van der Waals surface area (Å²) in [5.74, 6) is -0.926. The molecule has 0 spiro atoms. The zero-order chi connectivity index (χ0) is 18.7. The molecule has 0 bridgehead atoms. The molecule has 140 valence electrons. The van der Waals surface area contributed by atoms with E-state index >= 15 is 0 Å². The molecule has 1 N–H and O–H groups in total. The Labute approximate surface area is 155 Å². The fourth-order valence-corrected chi connectivity index (χ4v) is 4.53. The first-order chi connectivity index (χ1) is 12.5. The van der Waals surface area contributed by atoms with Gasteiger partial charge in [-0.2, -0.15) is 0 Å². The van der Waals surface area contributed by atoms with E-state index in [1.165, 1.54) is 18.2 Å². The summed E-state index contributed by atoms with van der Waals surface area (Å²) in [7, 11) is 0. The average molecular weight is 358 g/mol. The molecule has 1 aliphatic carbocycles. The first kappa shape index (κ1) is 19.0. The maximum atomic E-state index is 14.0. The van der Waals surface area contributed by atoms with Gasteiger partial charge in [0, 0.05) is 5.92 Å². The van der Waals surface area contributed by atoms with Crippen molar-refractivity contribution in [2.24, 2.45) is 5.41 Å². The summed E-state index contributed by atoms with van der Waals surface area (Å²) >= 11 is 0. The minimum Gasteiger partial charge on any atom is -0.392 e. The highest BCUT2D eigenvalue weighted by Crippen LogP contribution is 2.48. The van der Waals surface area contributed by atoms with Crippen LogP contribution >= 0.6 is 0 Å². The molecule has 3 rings (SSSR count). The van der Waals surface area contributed by atoms with Crippen LogP contribution in [0.3, 0.4) is 0 Å². The lowest BCUT2D eigenvalue weighted by atomic mass is 9.67. The number of aryl methyl sites for hydroxylation is 1. The highest BCUT2D eigenvalue weighted by Gasteiger charge is 2.43. The molecule has 3 heteroatoms. The van der Waals surface area contributed by atoms with E-state index in [0.717, 1.165) is 55.2 Å². The Morgan fingerprint density at radius 3 is 2.38 bits per heavy atom. The monoisotopic (exact) mass is 358 g/mol. The zero-order valence-electron chi connectivity index (χ0n) is 15.6. The third kappa shape index (κ3) is 3.55. The third-order valence-corrected chi connectivity index (χ3v) is 6.24. The molecule has 1 aliphatic rings. The lowest BCUT2D eigenvalue weighted by Crippen LogP contribution is -2.38. The molecule has 0 heterocycles. The van der Waals surface area contributed by atoms with Gasteiger partial charge in [0.1, 0.15) is 11.6 Å². The van der Waals surface area contributed by atoms with Gasteiger partial charge in [-0.15, -0.1) is 0 Å². The van der Waals surface area contributed by atoms with E-state index in [1.807, 2.05) is 6.07 Å². The summed E-state index contributed by atoms with van der Waals surface area (Å²) in [4.78, 5) is 0. The van der Waals surface area contributed by atoms with Crippen LogP contribution in [0.4, 0.5) is 8.78 Å². The molecule has 0 amide bonds. The van der Waals surface area contributed by atoms with Gasteiger partial charge in [0.05, 0.1) is 6.10 Å². The number of aliphatic hydroxyl groups excluding tert-OH is 1. The van der Waals surface area contributed by atoms with Crippen LogP contribution in [0.5, 0.6) is 0 Å². The van der Waals surface area contributed by atoms with Gasteiger partial charge < -0.3 is 5.11 Å². The number of benzene rings is 2. The van der Waals surface area contributed by atoms with E-state index in [0.29, 0.717) is 0 Å². The van der Waals surface area contributed by atoms with Crippen molar-refractivity contribution in [3.8, 4) is 0 Å². The lowest BCUT2D eigenvalue weighted by molar-refractivity contribution is -0.00159. The Morgan fingerprint density at radius 1 is 1.04 bits per heavy atom. The Bertz CT molecular complexity index is 740. The predicted octanol–water partition coefficient (Wildman–Crippen LogP) is 5.99. The van der Waals surface area contributed by atoms with Gasteiger partial charge in [0.25, 0.3) is 0 Å². The SMILES string of the molecule is CCCC[C@]1(CC)CCc2ccc(F)cc2[C@@H](c2ccc(F)cc2)[C@H]1O. The number of fused-ring (bicyclic) bond motifs is 1. The normalized spacial score (nSPS) is 25.6. The second-order valence-corrected chi connectivity index (χ2v) is 7.64. The molecule has 0 aromatic heterocycles. The second kappa shape index (κ2) is 7.87. The van der Waals surface area contributed by atoms with Crippen molar-refractivity contribution >= 4 is 0 Å². The van der Waals surface area contributed by atoms with Crippen LogP contribution in [0.15, 0.2) is 42.5 Å². The zero-order valence-corrected chi connectivity index (χ0v) is 15.6. The lowest BCUT2D eigenvalue weighted by Gasteiger charge is -2.40. The highest BCUT2D eigenvalue weighted by molar-refractivity contribution is 5.41. The molecular formula is C23H28F2O. The number of aliphatic hydroxyl groups is 1. The van der Waals surface area contributed by atoms with Crippen LogP contribution in [0.2, 0.25) is 0 Å². The van der Waals surface area contributed by atoms with Crippen LogP contribution in [0.25, 0.3) is 0 Å². The minimum absolute atomic E-state index is 0.204. The third-order valence-electron chi connectivity index (χ3n) is 6.24. The highest BCUT2D eigenvalue weighted by atomic mass is 19.1. The van der Waals surface area contributed by atoms with E-state index in [9.17, 15) is 13.9 Å². The van der Waals surface area contributed by atoms with E-state index in [1.54, 1.807) is 18.2 Å². The topological polar surface area (TPSA) is 20.2 Å². The molecule has 26 heavy (non-hydrogen) atoms. The number of unbranched alkanes of at least 4 members (excludes halogenated alkanes) is 1. The smallest absolute Gasteiger partial charge is 0.123 e. The Balaban J connectivity index is 2.13. The van der Waals surface area contributed by atoms with Crippen LogP contribution in [0, 0.1) is 17.0 Å². The molecule has 0 radical (unpaired) electrons. The average Bonchev–Trinajstić information content (AvgIpc) is 2.76. The Hall–Kier alpha value is -1.74. The quantitative estimate of drug-likeness (QED) is 0.651. The number of hydrogen-bond donors (Lipinski definition) is 1. The van der Waals surface area contributed by atoms with Gasteiger partial charge in [0.15, 0.2) is 0 Å². The van der Waals surface area contributed by atoms with Crippen molar-refractivity contribution < 1.29 is 13.9 Å². The van der Waals surface area contributed by atoms with Crippen molar-refractivity contribution in [1.29, 1.82) is 0 Å². The van der Waals surface area contributed by atoms with Gasteiger partial charge in [-0.3, -0.25) is 0 Å². The fraction of sp³-hybridized carbons (Fsp3) is 0.478. The van der Waals surface area contributed by atoms with E-state index in [2.05, 4.69) is 13.8 Å². The van der Waals surface area contributed by atoms with Crippen molar-refractivity contribution in [2.45, 2.75) is 64.4 Å². The molecule has 2 aromatic carbocycles. The van der Waals surface area contributed by atoms with E-state index in [-0.39, 0.29) is 23.0 Å². The summed E-state index contributed by atoms with van der Waals surface area (Å²) in [5.41, 5.74) is 2.58. The maximum Gasteiger partial charge on any atom is 0.123 e. The molecule has 0 unspecified atom stereocenters. The van der Waals surface area contributed by atoms with Gasteiger partial charge in [0.2, 0.25) is 0 Å². The van der Waals surface area contributed by atoms with Crippen molar-refractivity contribution in [3.63, 3.8) is 0 Å². The molecular weight excluding hydrogens is 330 g/mol. The first-order valence-electron chi connectivity index (χ1n) is 9.72. The van der Waals surface area contributed by atoms with Crippen LogP contribution < -0.4 is 0 Å².